The maximum absolute atomic E-state index is 11.6. The fraction of sp³-hybridized carbons (Fsp3) is 0.286. The van der Waals surface area contributed by atoms with Gasteiger partial charge in [0.2, 0.25) is 5.43 Å². The maximum Gasteiger partial charge on any atom is 0.296 e. The van der Waals surface area contributed by atoms with Crippen LogP contribution in [0.1, 0.15) is 22.3 Å². The molecular formula is C14H15NO3. The van der Waals surface area contributed by atoms with E-state index in [4.69, 9.17) is 0 Å². The molecule has 2 N–H and O–H groups in total. The normalized spacial score (nSPS) is 10.9. The maximum atomic E-state index is 11.6. The minimum atomic E-state index is -0.738. The molecule has 1 aromatic heterocycles. The Labute approximate surface area is 104 Å². The molecule has 0 saturated heterocycles. The lowest BCUT2D eigenvalue weighted by Gasteiger charge is -2.12. The third kappa shape index (κ3) is 1.61. The highest BCUT2D eigenvalue weighted by molar-refractivity contribution is 5.91. The van der Waals surface area contributed by atoms with Gasteiger partial charge in [0, 0.05) is 11.5 Å². The summed E-state index contributed by atoms with van der Waals surface area (Å²) in [4.78, 5) is 25.6. The summed E-state index contributed by atoms with van der Waals surface area (Å²) in [5.74, 6) is -0.156. The van der Waals surface area contributed by atoms with Gasteiger partial charge >= 0.3 is 0 Å². The zero-order valence-corrected chi connectivity index (χ0v) is 10.8. The second kappa shape index (κ2) is 3.98. The summed E-state index contributed by atoms with van der Waals surface area (Å²) >= 11 is 0. The van der Waals surface area contributed by atoms with Crippen LogP contribution < -0.4 is 11.0 Å². The first-order chi connectivity index (χ1) is 8.34. The highest BCUT2D eigenvalue weighted by Crippen LogP contribution is 2.31. The molecule has 0 aliphatic rings. The molecule has 0 aliphatic heterocycles. The summed E-state index contributed by atoms with van der Waals surface area (Å²) in [5, 5.41) is 10.5. The van der Waals surface area contributed by atoms with Crippen molar-refractivity contribution in [1.82, 2.24) is 4.98 Å². The van der Waals surface area contributed by atoms with Crippen LogP contribution in [0.5, 0.6) is 5.75 Å². The van der Waals surface area contributed by atoms with Gasteiger partial charge in [-0.3, -0.25) is 9.59 Å². The van der Waals surface area contributed by atoms with Gasteiger partial charge in [-0.1, -0.05) is 0 Å². The first-order valence-corrected chi connectivity index (χ1v) is 5.71. The van der Waals surface area contributed by atoms with Gasteiger partial charge in [-0.2, -0.15) is 0 Å². The summed E-state index contributed by atoms with van der Waals surface area (Å²) in [6.07, 6.45) is 0. The van der Waals surface area contributed by atoms with Crippen LogP contribution in [0.4, 0.5) is 0 Å². The molecular weight excluding hydrogens is 230 g/mol. The Hall–Kier alpha value is -2.10. The Balaban J connectivity index is 3.28. The fourth-order valence-corrected chi connectivity index (χ4v) is 2.23. The lowest BCUT2D eigenvalue weighted by atomic mass is 9.95. The molecule has 0 amide bonds. The fourth-order valence-electron chi connectivity index (χ4n) is 2.23. The van der Waals surface area contributed by atoms with E-state index >= 15 is 0 Å². The Morgan fingerprint density at radius 2 is 1.50 bits per heavy atom. The lowest BCUT2D eigenvalue weighted by Crippen LogP contribution is -2.22. The minimum Gasteiger partial charge on any atom is -0.507 e. The van der Waals surface area contributed by atoms with Gasteiger partial charge in [-0.15, -0.1) is 0 Å². The average molecular weight is 245 g/mol. The van der Waals surface area contributed by atoms with Gasteiger partial charge in [0.15, 0.2) is 0 Å². The SMILES string of the molecule is Cc1c(C)c(C)c2c(O)cc(=O)c(=O)[nH]c2c1C. The minimum absolute atomic E-state index is 0.156. The number of hydrogen-bond donors (Lipinski definition) is 2. The van der Waals surface area contributed by atoms with Crippen molar-refractivity contribution in [3.8, 4) is 5.75 Å². The van der Waals surface area contributed by atoms with E-state index in [0.717, 1.165) is 28.3 Å². The quantitative estimate of drug-likeness (QED) is 0.696. The van der Waals surface area contributed by atoms with Gasteiger partial charge < -0.3 is 10.1 Å². The molecule has 0 unspecified atom stereocenters. The predicted molar refractivity (Wildman–Crippen MR) is 71.5 cm³/mol. The number of aromatic hydroxyl groups is 1. The molecule has 0 fully saturated rings. The number of nitrogens with one attached hydrogen (secondary N) is 1. The Morgan fingerprint density at radius 1 is 0.944 bits per heavy atom. The standard InChI is InChI=1S/C14H15NO3/c1-6-7(2)9(4)13-12(8(6)3)10(16)5-11(17)14(18)15-13/h5,16H,1-4H3,(H,15,17,18). The number of aromatic amines is 1. The summed E-state index contributed by atoms with van der Waals surface area (Å²) < 4.78 is 0. The second-order valence-electron chi connectivity index (χ2n) is 4.60. The molecule has 0 aliphatic carbocycles. The molecule has 2 aromatic rings. The highest BCUT2D eigenvalue weighted by Gasteiger charge is 2.12. The molecule has 0 spiro atoms. The zero-order chi connectivity index (χ0) is 13.6. The lowest BCUT2D eigenvalue weighted by molar-refractivity contribution is 0.481. The van der Waals surface area contributed by atoms with E-state index in [2.05, 4.69) is 4.98 Å². The largest absolute Gasteiger partial charge is 0.507 e. The number of rotatable bonds is 0. The molecule has 0 saturated carbocycles. The first kappa shape index (κ1) is 12.4. The number of H-pyrrole nitrogens is 1. The van der Waals surface area contributed by atoms with Crippen molar-refractivity contribution in [2.45, 2.75) is 27.7 Å². The van der Waals surface area contributed by atoms with Gasteiger partial charge in [0.05, 0.1) is 5.52 Å². The van der Waals surface area contributed by atoms with Crippen molar-refractivity contribution in [3.63, 3.8) is 0 Å². The van der Waals surface area contributed by atoms with E-state index in [1.807, 2.05) is 27.7 Å². The van der Waals surface area contributed by atoms with Crippen LogP contribution >= 0.6 is 0 Å². The average Bonchev–Trinajstić information content (AvgIpc) is 2.42. The van der Waals surface area contributed by atoms with Crippen LogP contribution in [0.3, 0.4) is 0 Å². The van der Waals surface area contributed by atoms with Crippen molar-refractivity contribution in [1.29, 1.82) is 0 Å². The van der Waals surface area contributed by atoms with E-state index in [1.165, 1.54) is 0 Å². The van der Waals surface area contributed by atoms with Crippen LogP contribution in [0.25, 0.3) is 10.9 Å². The second-order valence-corrected chi connectivity index (χ2v) is 4.60. The molecule has 4 heteroatoms. The summed E-state index contributed by atoms with van der Waals surface area (Å²) in [5.41, 5.74) is 2.92. The zero-order valence-electron chi connectivity index (χ0n) is 10.8. The van der Waals surface area contributed by atoms with E-state index in [9.17, 15) is 14.7 Å². The van der Waals surface area contributed by atoms with Gasteiger partial charge in [0.25, 0.3) is 5.56 Å². The molecule has 0 atom stereocenters. The number of fused-ring (bicyclic) bond motifs is 1. The van der Waals surface area contributed by atoms with E-state index in [0.29, 0.717) is 10.9 Å². The molecule has 0 bridgehead atoms. The molecule has 1 aromatic carbocycles. The predicted octanol–water partition coefficient (Wildman–Crippen LogP) is 1.83. The van der Waals surface area contributed by atoms with E-state index < -0.39 is 11.0 Å². The van der Waals surface area contributed by atoms with Crippen LogP contribution in [-0.2, 0) is 0 Å². The monoisotopic (exact) mass is 245 g/mol. The van der Waals surface area contributed by atoms with Crippen LogP contribution in [0.2, 0.25) is 0 Å². The highest BCUT2D eigenvalue weighted by atomic mass is 16.3. The molecule has 94 valence electrons. The number of hydrogen-bond acceptors (Lipinski definition) is 3. The van der Waals surface area contributed by atoms with Crippen LogP contribution in [0.15, 0.2) is 15.7 Å². The van der Waals surface area contributed by atoms with Gasteiger partial charge in [0.1, 0.15) is 5.75 Å². The molecule has 2 rings (SSSR count). The van der Waals surface area contributed by atoms with E-state index in [-0.39, 0.29) is 5.75 Å². The van der Waals surface area contributed by atoms with Crippen molar-refractivity contribution in [2.24, 2.45) is 0 Å². The summed E-state index contributed by atoms with van der Waals surface area (Å²) in [6.45, 7) is 7.65. The summed E-state index contributed by atoms with van der Waals surface area (Å²) in [6, 6.07) is 0.975. The van der Waals surface area contributed by atoms with Crippen molar-refractivity contribution < 1.29 is 5.11 Å². The molecule has 1 heterocycles. The molecule has 4 nitrogen and oxygen atoms in total. The van der Waals surface area contributed by atoms with Crippen molar-refractivity contribution >= 4 is 10.9 Å². The first-order valence-electron chi connectivity index (χ1n) is 5.71. The Morgan fingerprint density at radius 3 is 2.11 bits per heavy atom. The molecule has 18 heavy (non-hydrogen) atoms. The smallest absolute Gasteiger partial charge is 0.296 e. The van der Waals surface area contributed by atoms with Gasteiger partial charge in [-0.25, -0.2) is 0 Å². The van der Waals surface area contributed by atoms with E-state index in [1.54, 1.807) is 0 Å². The summed E-state index contributed by atoms with van der Waals surface area (Å²) in [7, 11) is 0. The Bertz CT molecular complexity index is 773. The Kier molecular flexibility index (Phi) is 2.73. The third-order valence-corrected chi connectivity index (χ3v) is 3.67. The van der Waals surface area contributed by atoms with Crippen molar-refractivity contribution in [2.75, 3.05) is 0 Å². The third-order valence-electron chi connectivity index (χ3n) is 3.67. The number of benzene rings is 1. The topological polar surface area (TPSA) is 70.2 Å². The molecule has 0 radical (unpaired) electrons. The van der Waals surface area contributed by atoms with Gasteiger partial charge in [-0.05, 0) is 49.9 Å². The van der Waals surface area contributed by atoms with Crippen LogP contribution in [0, 0.1) is 27.7 Å². The van der Waals surface area contributed by atoms with Crippen LogP contribution in [-0.4, -0.2) is 10.1 Å². The number of aryl methyl sites for hydroxylation is 2. The number of aromatic nitrogens is 1. The van der Waals surface area contributed by atoms with Crippen molar-refractivity contribution in [3.05, 3.63) is 48.9 Å².